The van der Waals surface area contributed by atoms with Crippen LogP contribution in [0.4, 0.5) is 5.69 Å². The van der Waals surface area contributed by atoms with Crippen LogP contribution in [0.15, 0.2) is 56.5 Å². The van der Waals surface area contributed by atoms with Crippen LogP contribution >= 0.6 is 15.9 Å². The lowest BCUT2D eigenvalue weighted by atomic mass is 10.2. The van der Waals surface area contributed by atoms with Gasteiger partial charge in [0.1, 0.15) is 5.58 Å². The molecule has 1 amide bonds. The molecule has 1 aromatic heterocycles. The minimum Gasteiger partial charge on any atom is -0.501 e. The lowest BCUT2D eigenvalue weighted by Crippen LogP contribution is -2.16. The van der Waals surface area contributed by atoms with Gasteiger partial charge in [-0.3, -0.25) is 14.9 Å². The summed E-state index contributed by atoms with van der Waals surface area (Å²) in [6.07, 6.45) is 1.22. The number of carbonyl (C=O) groups is 1. The van der Waals surface area contributed by atoms with E-state index in [-0.39, 0.29) is 10.2 Å². The molecule has 9 heteroatoms. The number of phenolic OH excluding ortho intramolecular Hbond substituents is 1. The first kappa shape index (κ1) is 16.7. The number of fused-ring (bicyclic) bond motifs is 1. The Hall–Kier alpha value is -3.20. The summed E-state index contributed by atoms with van der Waals surface area (Å²) in [6.45, 7) is 0. The first-order valence-corrected chi connectivity index (χ1v) is 7.74. The van der Waals surface area contributed by atoms with Crippen LogP contribution in [0.1, 0.15) is 16.1 Å². The summed E-state index contributed by atoms with van der Waals surface area (Å²) in [5, 5.41) is 25.0. The molecule has 0 bridgehead atoms. The van der Waals surface area contributed by atoms with Crippen LogP contribution in [-0.4, -0.2) is 22.2 Å². The Bertz CT molecular complexity index is 979. The third-order valence-electron chi connectivity index (χ3n) is 3.29. The minimum atomic E-state index is -0.718. The predicted molar refractivity (Wildman–Crippen MR) is 93.7 cm³/mol. The number of phenols is 1. The second-order valence-corrected chi connectivity index (χ2v) is 5.83. The maximum absolute atomic E-state index is 12.0. The Morgan fingerprint density at radius 3 is 2.80 bits per heavy atom. The van der Waals surface area contributed by atoms with Crippen LogP contribution in [-0.2, 0) is 0 Å². The van der Waals surface area contributed by atoms with Crippen molar-refractivity contribution < 1.29 is 19.2 Å². The van der Waals surface area contributed by atoms with E-state index in [0.29, 0.717) is 11.1 Å². The van der Waals surface area contributed by atoms with E-state index in [9.17, 15) is 20.0 Å². The summed E-state index contributed by atoms with van der Waals surface area (Å²) in [5.41, 5.74) is 2.71. The molecule has 0 aliphatic carbocycles. The van der Waals surface area contributed by atoms with Gasteiger partial charge in [-0.1, -0.05) is 18.2 Å². The van der Waals surface area contributed by atoms with E-state index in [2.05, 4.69) is 26.5 Å². The number of carbonyl (C=O) groups excluding carboxylic acids is 1. The first-order chi connectivity index (χ1) is 12.0. The zero-order chi connectivity index (χ0) is 18.0. The Kier molecular flexibility index (Phi) is 4.48. The van der Waals surface area contributed by atoms with Gasteiger partial charge >= 0.3 is 11.6 Å². The molecule has 0 spiro atoms. The van der Waals surface area contributed by atoms with Crippen molar-refractivity contribution in [3.05, 3.63) is 68.4 Å². The molecule has 0 atom stereocenters. The SMILES string of the molecule is O=C(N/N=C/c1cc(Br)c(O)c([N+](=O)[O-])c1)c1cc2ccccc2o1. The fourth-order valence-corrected chi connectivity index (χ4v) is 2.60. The van der Waals surface area contributed by atoms with Crippen molar-refractivity contribution in [3.63, 3.8) is 0 Å². The summed E-state index contributed by atoms with van der Waals surface area (Å²) in [4.78, 5) is 22.2. The van der Waals surface area contributed by atoms with Crippen LogP contribution in [0.2, 0.25) is 0 Å². The highest BCUT2D eigenvalue weighted by Crippen LogP contribution is 2.34. The molecule has 0 saturated heterocycles. The summed E-state index contributed by atoms with van der Waals surface area (Å²) in [5.74, 6) is -0.940. The van der Waals surface area contributed by atoms with E-state index < -0.39 is 22.3 Å². The predicted octanol–water partition coefficient (Wildman–Crippen LogP) is 3.57. The molecule has 2 aromatic carbocycles. The molecule has 3 aromatic rings. The highest BCUT2D eigenvalue weighted by molar-refractivity contribution is 9.10. The van der Waals surface area contributed by atoms with Gasteiger partial charge in [-0.15, -0.1) is 0 Å². The zero-order valence-electron chi connectivity index (χ0n) is 12.5. The molecule has 0 aliphatic rings. The number of furan rings is 1. The molecule has 0 aliphatic heterocycles. The number of aromatic hydroxyl groups is 1. The van der Waals surface area contributed by atoms with Gasteiger partial charge in [-0.05, 0) is 34.1 Å². The third-order valence-corrected chi connectivity index (χ3v) is 3.90. The van der Waals surface area contributed by atoms with E-state index in [1.54, 1.807) is 18.2 Å². The molecule has 0 unspecified atom stereocenters. The van der Waals surface area contributed by atoms with Crippen LogP contribution in [0.3, 0.4) is 0 Å². The standard InChI is InChI=1S/C16H10BrN3O5/c17-11-5-9(6-12(15(11)21)20(23)24)8-18-19-16(22)14-7-10-3-1-2-4-13(10)25-14/h1-8,21H,(H,19,22)/b18-8+. The highest BCUT2D eigenvalue weighted by Gasteiger charge is 2.17. The number of nitrogens with zero attached hydrogens (tertiary/aromatic N) is 2. The number of nitrogens with one attached hydrogen (secondary N) is 1. The summed E-state index contributed by atoms with van der Waals surface area (Å²) >= 11 is 3.02. The number of nitro benzene ring substituents is 1. The topological polar surface area (TPSA) is 118 Å². The van der Waals surface area contributed by atoms with Gasteiger partial charge < -0.3 is 9.52 Å². The maximum Gasteiger partial charge on any atom is 0.312 e. The van der Waals surface area contributed by atoms with E-state index in [1.807, 2.05) is 12.1 Å². The van der Waals surface area contributed by atoms with Crippen molar-refractivity contribution in [2.45, 2.75) is 0 Å². The number of nitro groups is 1. The number of hydrazone groups is 1. The highest BCUT2D eigenvalue weighted by atomic mass is 79.9. The largest absolute Gasteiger partial charge is 0.501 e. The van der Waals surface area contributed by atoms with E-state index in [4.69, 9.17) is 4.42 Å². The molecule has 126 valence electrons. The van der Waals surface area contributed by atoms with Crippen LogP contribution < -0.4 is 5.43 Å². The van der Waals surface area contributed by atoms with Gasteiger partial charge in [0.15, 0.2) is 5.76 Å². The lowest BCUT2D eigenvalue weighted by molar-refractivity contribution is -0.386. The third kappa shape index (κ3) is 3.50. The average Bonchev–Trinajstić information content (AvgIpc) is 3.01. The van der Waals surface area contributed by atoms with Gasteiger partial charge in [-0.2, -0.15) is 5.10 Å². The lowest BCUT2D eigenvalue weighted by Gasteiger charge is -2.01. The van der Waals surface area contributed by atoms with Gasteiger partial charge in [0.05, 0.1) is 15.6 Å². The molecular weight excluding hydrogens is 394 g/mol. The molecule has 0 radical (unpaired) electrons. The number of amides is 1. The monoisotopic (exact) mass is 403 g/mol. The summed E-state index contributed by atoms with van der Waals surface area (Å²) < 4.78 is 5.55. The molecule has 0 saturated carbocycles. The smallest absolute Gasteiger partial charge is 0.312 e. The molecule has 2 N–H and O–H groups in total. The Morgan fingerprint density at radius 2 is 2.08 bits per heavy atom. The molecule has 1 heterocycles. The Labute approximate surface area is 149 Å². The number of benzene rings is 2. The number of hydrogen-bond donors (Lipinski definition) is 2. The zero-order valence-corrected chi connectivity index (χ0v) is 14.1. The van der Waals surface area contributed by atoms with Crippen LogP contribution in [0.5, 0.6) is 5.75 Å². The van der Waals surface area contributed by atoms with Crippen LogP contribution in [0.25, 0.3) is 11.0 Å². The first-order valence-electron chi connectivity index (χ1n) is 6.94. The second kappa shape index (κ2) is 6.73. The van der Waals surface area contributed by atoms with Crippen molar-refractivity contribution in [3.8, 4) is 5.75 Å². The average molecular weight is 404 g/mol. The summed E-state index contributed by atoms with van der Waals surface area (Å²) in [7, 11) is 0. The summed E-state index contributed by atoms with van der Waals surface area (Å²) in [6, 6.07) is 11.3. The molecular formula is C16H10BrN3O5. The van der Waals surface area contributed by atoms with Gasteiger partial charge in [0.25, 0.3) is 0 Å². The molecule has 8 nitrogen and oxygen atoms in total. The quantitative estimate of drug-likeness (QED) is 0.392. The number of para-hydroxylation sites is 1. The maximum atomic E-state index is 12.0. The van der Waals surface area contributed by atoms with Gasteiger partial charge in [0.2, 0.25) is 5.75 Å². The Morgan fingerprint density at radius 1 is 1.32 bits per heavy atom. The van der Waals surface area contributed by atoms with Crippen molar-refractivity contribution in [2.75, 3.05) is 0 Å². The second-order valence-electron chi connectivity index (χ2n) is 4.98. The molecule has 0 fully saturated rings. The normalized spacial score (nSPS) is 11.1. The van der Waals surface area contributed by atoms with E-state index in [1.165, 1.54) is 12.3 Å². The van der Waals surface area contributed by atoms with Crippen molar-refractivity contribution in [1.82, 2.24) is 5.43 Å². The van der Waals surface area contributed by atoms with E-state index in [0.717, 1.165) is 11.5 Å². The molecule has 25 heavy (non-hydrogen) atoms. The Balaban J connectivity index is 1.76. The van der Waals surface area contributed by atoms with Crippen molar-refractivity contribution >= 4 is 44.7 Å². The number of hydrogen-bond acceptors (Lipinski definition) is 6. The number of halogens is 1. The fourth-order valence-electron chi connectivity index (χ4n) is 2.13. The number of rotatable bonds is 4. The minimum absolute atomic E-state index is 0.0937. The fraction of sp³-hybridized carbons (Fsp3) is 0. The van der Waals surface area contributed by atoms with Crippen molar-refractivity contribution in [2.24, 2.45) is 5.10 Å². The molecule has 3 rings (SSSR count). The van der Waals surface area contributed by atoms with Crippen LogP contribution in [0, 0.1) is 10.1 Å². The van der Waals surface area contributed by atoms with E-state index >= 15 is 0 Å². The van der Waals surface area contributed by atoms with Crippen molar-refractivity contribution in [1.29, 1.82) is 0 Å². The van der Waals surface area contributed by atoms with Gasteiger partial charge in [0, 0.05) is 17.0 Å². The van der Waals surface area contributed by atoms with Gasteiger partial charge in [-0.25, -0.2) is 5.43 Å².